The molecule has 0 N–H and O–H groups in total. The summed E-state index contributed by atoms with van der Waals surface area (Å²) in [6.45, 7) is 0.312. The maximum Gasteiger partial charge on any atom is 0.387 e. The monoisotopic (exact) mass is 374 g/mol. The van der Waals surface area contributed by atoms with Gasteiger partial charge in [0, 0.05) is 30.6 Å². The lowest BCUT2D eigenvalue weighted by atomic mass is 9.93. The van der Waals surface area contributed by atoms with Gasteiger partial charge in [0.05, 0.1) is 0 Å². The van der Waals surface area contributed by atoms with Crippen LogP contribution in [0.2, 0.25) is 0 Å². The van der Waals surface area contributed by atoms with Crippen LogP contribution in [0.15, 0.2) is 48.5 Å². The van der Waals surface area contributed by atoms with Gasteiger partial charge < -0.3 is 14.5 Å². The van der Waals surface area contributed by atoms with Gasteiger partial charge in [-0.15, -0.1) is 0 Å². The predicted molar refractivity (Wildman–Crippen MR) is 100 cm³/mol. The van der Waals surface area contributed by atoms with Crippen LogP contribution in [0.5, 0.6) is 5.75 Å². The summed E-state index contributed by atoms with van der Waals surface area (Å²) in [7, 11) is 4.02. The van der Waals surface area contributed by atoms with Crippen LogP contribution in [-0.2, 0) is 0 Å². The Kier molecular flexibility index (Phi) is 5.75. The Hall–Kier alpha value is -2.47. The van der Waals surface area contributed by atoms with Gasteiger partial charge in [-0.25, -0.2) is 0 Å². The first-order valence-corrected chi connectivity index (χ1v) is 8.92. The SMILES string of the molecule is Cc1ccc([C@@H]2CN(C(=O)c3cccc(OC(F)F)c3)C[C@H]2N(C)C)cc1. The Morgan fingerprint density at radius 2 is 1.85 bits per heavy atom. The summed E-state index contributed by atoms with van der Waals surface area (Å²) < 4.78 is 29.3. The van der Waals surface area contributed by atoms with Crippen LogP contribution in [0, 0.1) is 6.92 Å². The summed E-state index contributed by atoms with van der Waals surface area (Å²) in [4.78, 5) is 16.9. The molecule has 2 atom stereocenters. The molecule has 0 radical (unpaired) electrons. The molecule has 0 bridgehead atoms. The minimum absolute atomic E-state index is 0.00529. The van der Waals surface area contributed by atoms with Crippen LogP contribution < -0.4 is 4.74 Å². The summed E-state index contributed by atoms with van der Waals surface area (Å²) in [5, 5.41) is 0. The standard InChI is InChI=1S/C21H24F2N2O2/c1-14-7-9-15(10-8-14)18-12-25(13-19(18)24(2)3)20(26)16-5-4-6-17(11-16)27-21(22)23/h4-11,18-19,21H,12-13H2,1-3H3/t18-,19+/m0/s1. The van der Waals surface area contributed by atoms with E-state index in [1.54, 1.807) is 17.0 Å². The van der Waals surface area contributed by atoms with Gasteiger partial charge >= 0.3 is 6.61 Å². The van der Waals surface area contributed by atoms with Gasteiger partial charge in [-0.1, -0.05) is 35.9 Å². The number of carbonyl (C=O) groups is 1. The first kappa shape index (κ1) is 19.3. The third-order valence-corrected chi connectivity index (χ3v) is 5.05. The van der Waals surface area contributed by atoms with Gasteiger partial charge in [0.1, 0.15) is 5.75 Å². The van der Waals surface area contributed by atoms with Crippen molar-refractivity contribution in [1.29, 1.82) is 0 Å². The van der Waals surface area contributed by atoms with Crippen molar-refractivity contribution in [2.75, 3.05) is 27.2 Å². The molecule has 4 nitrogen and oxygen atoms in total. The van der Waals surface area contributed by atoms with E-state index < -0.39 is 6.61 Å². The highest BCUT2D eigenvalue weighted by molar-refractivity contribution is 5.95. The number of nitrogens with zero attached hydrogens (tertiary/aromatic N) is 2. The number of carbonyl (C=O) groups excluding carboxylic acids is 1. The predicted octanol–water partition coefficient (Wildman–Crippen LogP) is 3.77. The molecule has 3 rings (SSSR count). The van der Waals surface area contributed by atoms with E-state index in [0.29, 0.717) is 18.7 Å². The maximum atomic E-state index is 12.9. The number of benzene rings is 2. The summed E-state index contributed by atoms with van der Waals surface area (Å²) in [6, 6.07) is 14.6. The van der Waals surface area contributed by atoms with Crippen molar-refractivity contribution in [3.8, 4) is 5.75 Å². The zero-order valence-corrected chi connectivity index (χ0v) is 15.7. The molecule has 6 heteroatoms. The van der Waals surface area contributed by atoms with Gasteiger partial charge in [0.25, 0.3) is 5.91 Å². The zero-order chi connectivity index (χ0) is 19.6. The van der Waals surface area contributed by atoms with Crippen LogP contribution in [0.1, 0.15) is 27.4 Å². The maximum absolute atomic E-state index is 12.9. The Bertz CT molecular complexity index is 793. The highest BCUT2D eigenvalue weighted by Gasteiger charge is 2.37. The van der Waals surface area contributed by atoms with Crippen LogP contribution in [-0.4, -0.2) is 55.5 Å². The molecule has 2 aromatic carbocycles. The fourth-order valence-electron chi connectivity index (χ4n) is 3.60. The van der Waals surface area contributed by atoms with Crippen molar-refractivity contribution in [3.05, 3.63) is 65.2 Å². The first-order chi connectivity index (χ1) is 12.8. The third-order valence-electron chi connectivity index (χ3n) is 5.05. The molecule has 1 saturated heterocycles. The summed E-state index contributed by atoms with van der Waals surface area (Å²) in [5.41, 5.74) is 2.75. The lowest BCUT2D eigenvalue weighted by molar-refractivity contribution is -0.0499. The Balaban J connectivity index is 1.81. The summed E-state index contributed by atoms with van der Waals surface area (Å²) in [5.74, 6) is 0.0236. The highest BCUT2D eigenvalue weighted by Crippen LogP contribution is 2.31. The molecule has 1 fully saturated rings. The molecular formula is C21H24F2N2O2. The van der Waals surface area contributed by atoms with Crippen molar-refractivity contribution in [2.45, 2.75) is 25.5 Å². The molecule has 0 saturated carbocycles. The fourth-order valence-corrected chi connectivity index (χ4v) is 3.60. The fraction of sp³-hybridized carbons (Fsp3) is 0.381. The van der Waals surface area contributed by atoms with Crippen LogP contribution in [0.4, 0.5) is 8.78 Å². The van der Waals surface area contributed by atoms with Gasteiger partial charge in [-0.2, -0.15) is 8.78 Å². The Morgan fingerprint density at radius 3 is 2.48 bits per heavy atom. The number of amides is 1. The summed E-state index contributed by atoms with van der Waals surface area (Å²) in [6.07, 6.45) is 0. The van der Waals surface area contributed by atoms with Crippen molar-refractivity contribution < 1.29 is 18.3 Å². The minimum atomic E-state index is -2.91. The number of likely N-dealkylation sites (N-methyl/N-ethyl adjacent to an activating group) is 1. The largest absolute Gasteiger partial charge is 0.435 e. The topological polar surface area (TPSA) is 32.8 Å². The summed E-state index contributed by atoms with van der Waals surface area (Å²) >= 11 is 0. The van der Waals surface area contributed by atoms with Gasteiger partial charge in [0.2, 0.25) is 0 Å². The van der Waals surface area contributed by atoms with E-state index in [0.717, 1.165) is 0 Å². The lowest BCUT2D eigenvalue weighted by Crippen LogP contribution is -2.35. The molecule has 1 aliphatic rings. The van der Waals surface area contributed by atoms with Crippen molar-refractivity contribution in [1.82, 2.24) is 9.80 Å². The Morgan fingerprint density at radius 1 is 1.15 bits per heavy atom. The molecule has 0 spiro atoms. The Labute approximate surface area is 158 Å². The molecule has 0 aromatic heterocycles. The van der Waals surface area contributed by atoms with Gasteiger partial charge in [-0.3, -0.25) is 4.79 Å². The van der Waals surface area contributed by atoms with Crippen LogP contribution in [0.3, 0.4) is 0 Å². The van der Waals surface area contributed by atoms with E-state index in [1.165, 1.54) is 23.3 Å². The number of rotatable bonds is 5. The van der Waals surface area contributed by atoms with Crippen LogP contribution >= 0.6 is 0 Å². The minimum Gasteiger partial charge on any atom is -0.435 e. The highest BCUT2D eigenvalue weighted by atomic mass is 19.3. The second kappa shape index (κ2) is 8.05. The number of halogens is 2. The van der Waals surface area contributed by atoms with Crippen molar-refractivity contribution in [3.63, 3.8) is 0 Å². The molecule has 0 aliphatic carbocycles. The lowest BCUT2D eigenvalue weighted by Gasteiger charge is -2.25. The normalized spacial score (nSPS) is 19.7. The molecule has 0 unspecified atom stereocenters. The molecule has 1 amide bonds. The van der Waals surface area contributed by atoms with E-state index in [9.17, 15) is 13.6 Å². The second-order valence-electron chi connectivity index (χ2n) is 7.16. The zero-order valence-electron chi connectivity index (χ0n) is 15.7. The second-order valence-corrected chi connectivity index (χ2v) is 7.16. The molecule has 1 aliphatic heterocycles. The quantitative estimate of drug-likeness (QED) is 0.799. The van der Waals surface area contributed by atoms with E-state index >= 15 is 0 Å². The van der Waals surface area contributed by atoms with E-state index in [1.807, 2.05) is 21.0 Å². The number of hydrogen-bond acceptors (Lipinski definition) is 3. The smallest absolute Gasteiger partial charge is 0.387 e. The van der Waals surface area contributed by atoms with Gasteiger partial charge in [0.15, 0.2) is 0 Å². The van der Waals surface area contributed by atoms with Crippen LogP contribution in [0.25, 0.3) is 0 Å². The van der Waals surface area contributed by atoms with Crippen molar-refractivity contribution >= 4 is 5.91 Å². The van der Waals surface area contributed by atoms with Gasteiger partial charge in [-0.05, 0) is 44.8 Å². The number of aryl methyl sites for hydroxylation is 1. The molecule has 1 heterocycles. The van der Waals surface area contributed by atoms with E-state index in [4.69, 9.17) is 0 Å². The third kappa shape index (κ3) is 4.45. The number of likely N-dealkylation sites (tertiary alicyclic amines) is 1. The first-order valence-electron chi connectivity index (χ1n) is 8.92. The van der Waals surface area contributed by atoms with E-state index in [-0.39, 0.29) is 23.6 Å². The number of hydrogen-bond donors (Lipinski definition) is 0. The molecular weight excluding hydrogens is 350 g/mol. The number of alkyl halides is 2. The molecule has 27 heavy (non-hydrogen) atoms. The molecule has 144 valence electrons. The average Bonchev–Trinajstić information content (AvgIpc) is 3.07. The number of ether oxygens (including phenoxy) is 1. The molecule has 2 aromatic rings. The van der Waals surface area contributed by atoms with Crippen molar-refractivity contribution in [2.24, 2.45) is 0 Å². The average molecular weight is 374 g/mol. The van der Waals surface area contributed by atoms with E-state index in [2.05, 4.69) is 33.9 Å².